The summed E-state index contributed by atoms with van der Waals surface area (Å²) in [6.45, 7) is 2.90. The van der Waals surface area contributed by atoms with E-state index in [9.17, 15) is 0 Å². The quantitative estimate of drug-likeness (QED) is 0.632. The van der Waals surface area contributed by atoms with Gasteiger partial charge in [-0.3, -0.25) is 4.98 Å². The zero-order valence-electron chi connectivity index (χ0n) is 10.1. The van der Waals surface area contributed by atoms with Gasteiger partial charge >= 0.3 is 0 Å². The van der Waals surface area contributed by atoms with Gasteiger partial charge in [-0.15, -0.1) is 0 Å². The lowest BCUT2D eigenvalue weighted by molar-refractivity contribution is 0.308. The third kappa shape index (κ3) is 2.67. The van der Waals surface area contributed by atoms with E-state index in [-0.39, 0.29) is 0 Å². The van der Waals surface area contributed by atoms with Gasteiger partial charge in [0.05, 0.1) is 17.8 Å². The number of rotatable bonds is 5. The van der Waals surface area contributed by atoms with Gasteiger partial charge in [-0.25, -0.2) is 0 Å². The second-order valence-electron chi connectivity index (χ2n) is 4.10. The molecule has 2 aromatic rings. The standard InChI is InChI=1S/C14H18N2O/c1-2-3-4-10-17-13-8-7-12-11(14(13)15)6-5-9-16-12/h5-9H,2-4,10,15H2,1H3. The number of aromatic nitrogens is 1. The number of unbranched alkanes of at least 4 members (excludes halogenated alkanes) is 2. The number of nitrogens with zero attached hydrogens (tertiary/aromatic N) is 1. The highest BCUT2D eigenvalue weighted by Gasteiger charge is 2.05. The van der Waals surface area contributed by atoms with E-state index in [1.165, 1.54) is 12.8 Å². The maximum atomic E-state index is 6.07. The molecule has 0 spiro atoms. The predicted octanol–water partition coefficient (Wildman–Crippen LogP) is 3.39. The fourth-order valence-electron chi connectivity index (χ4n) is 1.82. The Morgan fingerprint density at radius 1 is 1.24 bits per heavy atom. The summed E-state index contributed by atoms with van der Waals surface area (Å²) in [7, 11) is 0. The summed E-state index contributed by atoms with van der Waals surface area (Å²) in [5, 5.41) is 0.959. The molecule has 1 aromatic heterocycles. The Morgan fingerprint density at radius 3 is 2.94 bits per heavy atom. The van der Waals surface area contributed by atoms with E-state index in [4.69, 9.17) is 10.5 Å². The third-order valence-corrected chi connectivity index (χ3v) is 2.79. The molecule has 0 atom stereocenters. The number of benzene rings is 1. The first-order valence-electron chi connectivity index (χ1n) is 6.09. The van der Waals surface area contributed by atoms with Crippen LogP contribution in [0.4, 0.5) is 5.69 Å². The van der Waals surface area contributed by atoms with Crippen LogP contribution in [0.3, 0.4) is 0 Å². The van der Waals surface area contributed by atoms with Gasteiger partial charge in [0.1, 0.15) is 5.75 Å². The summed E-state index contributed by atoms with van der Waals surface area (Å²) < 4.78 is 5.69. The van der Waals surface area contributed by atoms with E-state index >= 15 is 0 Å². The van der Waals surface area contributed by atoms with E-state index in [1.807, 2.05) is 24.3 Å². The number of fused-ring (bicyclic) bond motifs is 1. The summed E-state index contributed by atoms with van der Waals surface area (Å²) in [6.07, 6.45) is 5.22. The number of hydrogen-bond acceptors (Lipinski definition) is 3. The van der Waals surface area contributed by atoms with E-state index in [2.05, 4.69) is 11.9 Å². The van der Waals surface area contributed by atoms with Crippen LogP contribution in [0.25, 0.3) is 10.9 Å². The van der Waals surface area contributed by atoms with Crippen molar-refractivity contribution in [3.63, 3.8) is 0 Å². The molecule has 0 unspecified atom stereocenters. The number of hydrogen-bond donors (Lipinski definition) is 1. The van der Waals surface area contributed by atoms with Crippen molar-refractivity contribution in [3.05, 3.63) is 30.5 Å². The number of pyridine rings is 1. The van der Waals surface area contributed by atoms with Crippen LogP contribution in [0.1, 0.15) is 26.2 Å². The van der Waals surface area contributed by atoms with Crippen LogP contribution < -0.4 is 10.5 Å². The summed E-state index contributed by atoms with van der Waals surface area (Å²) in [4.78, 5) is 4.26. The molecule has 0 amide bonds. The monoisotopic (exact) mass is 230 g/mol. The summed E-state index contributed by atoms with van der Waals surface area (Å²) >= 11 is 0. The van der Waals surface area contributed by atoms with Crippen LogP contribution in [0.2, 0.25) is 0 Å². The van der Waals surface area contributed by atoms with Gasteiger partial charge in [-0.2, -0.15) is 0 Å². The van der Waals surface area contributed by atoms with Gasteiger partial charge in [0, 0.05) is 11.6 Å². The molecule has 3 heteroatoms. The van der Waals surface area contributed by atoms with Crippen LogP contribution in [-0.2, 0) is 0 Å². The van der Waals surface area contributed by atoms with Gasteiger partial charge < -0.3 is 10.5 Å². The Bertz CT molecular complexity index is 497. The Hall–Kier alpha value is -1.77. The fraction of sp³-hybridized carbons (Fsp3) is 0.357. The summed E-state index contributed by atoms with van der Waals surface area (Å²) in [5.41, 5.74) is 7.66. The lowest BCUT2D eigenvalue weighted by Gasteiger charge is -2.10. The largest absolute Gasteiger partial charge is 0.491 e. The Kier molecular flexibility index (Phi) is 3.81. The molecule has 1 aromatic carbocycles. The van der Waals surface area contributed by atoms with Gasteiger partial charge in [0.25, 0.3) is 0 Å². The Morgan fingerprint density at radius 2 is 2.12 bits per heavy atom. The first-order valence-corrected chi connectivity index (χ1v) is 6.09. The number of anilines is 1. The molecule has 0 aliphatic rings. The topological polar surface area (TPSA) is 48.1 Å². The molecule has 0 aliphatic carbocycles. The summed E-state index contributed by atoms with van der Waals surface area (Å²) in [6, 6.07) is 7.70. The first-order chi connectivity index (χ1) is 8.33. The smallest absolute Gasteiger partial charge is 0.142 e. The van der Waals surface area contributed by atoms with Crippen molar-refractivity contribution >= 4 is 16.6 Å². The molecule has 0 fully saturated rings. The molecule has 1 heterocycles. The first kappa shape index (κ1) is 11.7. The van der Waals surface area contributed by atoms with Crippen LogP contribution in [0.15, 0.2) is 30.5 Å². The van der Waals surface area contributed by atoms with Crippen LogP contribution in [0.5, 0.6) is 5.75 Å². The van der Waals surface area contributed by atoms with E-state index in [0.717, 1.165) is 29.7 Å². The average Bonchev–Trinajstić information content (AvgIpc) is 2.37. The van der Waals surface area contributed by atoms with E-state index in [0.29, 0.717) is 5.69 Å². The third-order valence-electron chi connectivity index (χ3n) is 2.79. The molecule has 2 N–H and O–H groups in total. The minimum Gasteiger partial charge on any atom is -0.491 e. The molecule has 3 nitrogen and oxygen atoms in total. The maximum Gasteiger partial charge on any atom is 0.142 e. The number of nitrogen functional groups attached to an aromatic ring is 1. The highest BCUT2D eigenvalue weighted by atomic mass is 16.5. The molecular formula is C14H18N2O. The average molecular weight is 230 g/mol. The van der Waals surface area contributed by atoms with Crippen LogP contribution >= 0.6 is 0 Å². The number of ether oxygens (including phenoxy) is 1. The van der Waals surface area contributed by atoms with Gasteiger partial charge in [-0.1, -0.05) is 19.8 Å². The highest BCUT2D eigenvalue weighted by molar-refractivity contribution is 5.93. The molecular weight excluding hydrogens is 212 g/mol. The lowest BCUT2D eigenvalue weighted by atomic mass is 10.1. The fourth-order valence-corrected chi connectivity index (χ4v) is 1.82. The van der Waals surface area contributed by atoms with Crippen molar-refractivity contribution in [1.29, 1.82) is 0 Å². The minimum atomic E-state index is 0.687. The van der Waals surface area contributed by atoms with Crippen molar-refractivity contribution < 1.29 is 4.74 Å². The van der Waals surface area contributed by atoms with Crippen LogP contribution in [-0.4, -0.2) is 11.6 Å². The van der Waals surface area contributed by atoms with Gasteiger partial charge in [-0.05, 0) is 30.7 Å². The molecule has 2 rings (SSSR count). The van der Waals surface area contributed by atoms with Crippen molar-refractivity contribution in [1.82, 2.24) is 4.98 Å². The highest BCUT2D eigenvalue weighted by Crippen LogP contribution is 2.29. The molecule has 0 saturated heterocycles. The normalized spacial score (nSPS) is 10.6. The zero-order chi connectivity index (χ0) is 12.1. The second-order valence-corrected chi connectivity index (χ2v) is 4.10. The molecule has 0 saturated carbocycles. The van der Waals surface area contributed by atoms with Crippen molar-refractivity contribution in [2.45, 2.75) is 26.2 Å². The van der Waals surface area contributed by atoms with Crippen molar-refractivity contribution in [2.24, 2.45) is 0 Å². The van der Waals surface area contributed by atoms with Crippen molar-refractivity contribution in [3.8, 4) is 5.75 Å². The Labute approximate surface area is 102 Å². The molecule has 0 aliphatic heterocycles. The molecule has 17 heavy (non-hydrogen) atoms. The lowest BCUT2D eigenvalue weighted by Crippen LogP contribution is -2.00. The van der Waals surface area contributed by atoms with Crippen molar-refractivity contribution in [2.75, 3.05) is 12.3 Å². The van der Waals surface area contributed by atoms with Gasteiger partial charge in [0.2, 0.25) is 0 Å². The number of nitrogens with two attached hydrogens (primary N) is 1. The molecule has 90 valence electrons. The zero-order valence-corrected chi connectivity index (χ0v) is 10.1. The van der Waals surface area contributed by atoms with E-state index in [1.54, 1.807) is 6.20 Å². The maximum absolute atomic E-state index is 6.07. The SMILES string of the molecule is CCCCCOc1ccc2ncccc2c1N. The molecule has 0 bridgehead atoms. The second kappa shape index (κ2) is 5.53. The summed E-state index contributed by atoms with van der Waals surface area (Å²) in [5.74, 6) is 0.765. The Balaban J connectivity index is 2.15. The minimum absolute atomic E-state index is 0.687. The van der Waals surface area contributed by atoms with Gasteiger partial charge in [0.15, 0.2) is 0 Å². The predicted molar refractivity (Wildman–Crippen MR) is 71.2 cm³/mol. The van der Waals surface area contributed by atoms with E-state index < -0.39 is 0 Å². The molecule has 0 radical (unpaired) electrons. The van der Waals surface area contributed by atoms with Crippen LogP contribution in [0, 0.1) is 0 Å².